The van der Waals surface area contributed by atoms with E-state index in [1.165, 1.54) is 10.9 Å². The molecule has 13 heavy (non-hydrogen) atoms. The van der Waals surface area contributed by atoms with E-state index in [4.69, 9.17) is 11.6 Å². The first-order valence-electron chi connectivity index (χ1n) is 3.64. The average molecular weight is 340 g/mol. The molecule has 0 saturated carbocycles. The number of thiophene rings is 1. The minimum absolute atomic E-state index is 0.815. The van der Waals surface area contributed by atoms with Crippen molar-refractivity contribution in [1.29, 1.82) is 0 Å². The van der Waals surface area contributed by atoms with Gasteiger partial charge in [-0.25, -0.2) is 0 Å². The Balaban J connectivity index is 2.87. The molecule has 0 bridgehead atoms. The smallest absolute Gasteiger partial charge is 0.0726 e. The summed E-state index contributed by atoms with van der Waals surface area (Å²) in [6.45, 7) is 0. The number of hydrogen-bond donors (Lipinski definition) is 0. The van der Waals surface area contributed by atoms with E-state index in [2.05, 4.69) is 49.4 Å². The van der Waals surface area contributed by atoms with E-state index in [1.54, 1.807) is 11.3 Å². The standard InChI is InChI=1S/C9H5Br2ClS/c10-4-5-3-7(11)8(12)9-6(5)1-2-13-9/h1-3H,4H2. The molecule has 2 aromatic rings. The maximum absolute atomic E-state index is 6.14. The lowest BCUT2D eigenvalue weighted by Gasteiger charge is -2.02. The highest BCUT2D eigenvalue weighted by Gasteiger charge is 2.08. The first-order valence-corrected chi connectivity index (χ1v) is 6.81. The van der Waals surface area contributed by atoms with Crippen LogP contribution in [-0.4, -0.2) is 0 Å². The van der Waals surface area contributed by atoms with Crippen LogP contribution >= 0.6 is 54.8 Å². The van der Waals surface area contributed by atoms with Crippen molar-refractivity contribution in [3.63, 3.8) is 0 Å². The molecule has 0 nitrogen and oxygen atoms in total. The molecule has 68 valence electrons. The Labute approximate surface area is 102 Å². The van der Waals surface area contributed by atoms with E-state index in [-0.39, 0.29) is 0 Å². The molecule has 0 radical (unpaired) electrons. The average Bonchev–Trinajstić information content (AvgIpc) is 2.60. The summed E-state index contributed by atoms with van der Waals surface area (Å²) >= 11 is 14.7. The fourth-order valence-electron chi connectivity index (χ4n) is 1.25. The fourth-order valence-corrected chi connectivity index (χ4v) is 3.48. The second-order valence-electron chi connectivity index (χ2n) is 2.63. The minimum atomic E-state index is 0.815. The molecule has 0 saturated heterocycles. The van der Waals surface area contributed by atoms with Crippen molar-refractivity contribution in [2.45, 2.75) is 5.33 Å². The predicted octanol–water partition coefficient (Wildman–Crippen LogP) is 5.21. The fraction of sp³-hybridized carbons (Fsp3) is 0.111. The Bertz CT molecular complexity index is 450. The summed E-state index contributed by atoms with van der Waals surface area (Å²) in [7, 11) is 0. The Hall–Kier alpha value is 0.430. The molecule has 0 aliphatic heterocycles. The van der Waals surface area contributed by atoms with Crippen LogP contribution in [0.4, 0.5) is 0 Å². The highest BCUT2D eigenvalue weighted by atomic mass is 79.9. The van der Waals surface area contributed by atoms with Gasteiger partial charge in [0.15, 0.2) is 0 Å². The summed E-state index contributed by atoms with van der Waals surface area (Å²) < 4.78 is 2.13. The topological polar surface area (TPSA) is 0 Å². The molecule has 0 spiro atoms. The van der Waals surface area contributed by atoms with E-state index in [0.717, 1.165) is 19.5 Å². The summed E-state index contributed by atoms with van der Waals surface area (Å²) in [4.78, 5) is 0. The van der Waals surface area contributed by atoms with Crippen LogP contribution in [0.25, 0.3) is 10.1 Å². The van der Waals surface area contributed by atoms with E-state index in [9.17, 15) is 0 Å². The van der Waals surface area contributed by atoms with Crippen LogP contribution < -0.4 is 0 Å². The van der Waals surface area contributed by atoms with Crippen molar-refractivity contribution in [2.75, 3.05) is 0 Å². The summed E-state index contributed by atoms with van der Waals surface area (Å²) in [5, 5.41) is 4.98. The van der Waals surface area contributed by atoms with Gasteiger partial charge in [0.25, 0.3) is 0 Å². The predicted molar refractivity (Wildman–Crippen MR) is 67.2 cm³/mol. The minimum Gasteiger partial charge on any atom is -0.142 e. The van der Waals surface area contributed by atoms with Crippen molar-refractivity contribution in [2.24, 2.45) is 0 Å². The van der Waals surface area contributed by atoms with Gasteiger partial charge in [0.05, 0.1) is 9.72 Å². The van der Waals surface area contributed by atoms with Gasteiger partial charge in [0.2, 0.25) is 0 Å². The lowest BCUT2D eigenvalue weighted by atomic mass is 10.1. The molecule has 0 atom stereocenters. The zero-order valence-corrected chi connectivity index (χ0v) is 11.2. The molecule has 2 rings (SSSR count). The molecule has 0 amide bonds. The van der Waals surface area contributed by atoms with Crippen molar-refractivity contribution in [3.8, 4) is 0 Å². The quantitative estimate of drug-likeness (QED) is 0.625. The zero-order valence-electron chi connectivity index (χ0n) is 6.48. The maximum atomic E-state index is 6.14. The Morgan fingerprint density at radius 1 is 1.46 bits per heavy atom. The van der Waals surface area contributed by atoms with Gasteiger partial charge in [-0.1, -0.05) is 27.5 Å². The number of benzene rings is 1. The van der Waals surface area contributed by atoms with Crippen molar-refractivity contribution < 1.29 is 0 Å². The number of alkyl halides is 1. The van der Waals surface area contributed by atoms with Crippen LogP contribution in [0.15, 0.2) is 22.0 Å². The largest absolute Gasteiger partial charge is 0.142 e. The molecule has 1 aromatic carbocycles. The third-order valence-electron chi connectivity index (χ3n) is 1.87. The first-order chi connectivity index (χ1) is 6.24. The monoisotopic (exact) mass is 338 g/mol. The Morgan fingerprint density at radius 2 is 2.23 bits per heavy atom. The van der Waals surface area contributed by atoms with Gasteiger partial charge in [-0.15, -0.1) is 11.3 Å². The molecule has 0 aliphatic rings. The van der Waals surface area contributed by atoms with E-state index < -0.39 is 0 Å². The zero-order chi connectivity index (χ0) is 9.42. The second-order valence-corrected chi connectivity index (χ2v) is 5.34. The maximum Gasteiger partial charge on any atom is 0.0726 e. The summed E-state index contributed by atoms with van der Waals surface area (Å²) in [5.74, 6) is 0. The molecule has 1 aromatic heterocycles. The SMILES string of the molecule is Clc1c(Br)cc(CBr)c2ccsc12. The normalized spacial score (nSPS) is 11.0. The van der Waals surface area contributed by atoms with Crippen molar-refractivity contribution in [1.82, 2.24) is 0 Å². The molecular weight excluding hydrogens is 335 g/mol. The van der Waals surface area contributed by atoms with Gasteiger partial charge in [0, 0.05) is 9.80 Å². The highest BCUT2D eigenvalue weighted by molar-refractivity contribution is 9.10. The number of rotatable bonds is 1. The number of halogens is 3. The third kappa shape index (κ3) is 1.67. The first kappa shape index (κ1) is 9.97. The van der Waals surface area contributed by atoms with Gasteiger partial charge in [-0.2, -0.15) is 0 Å². The Morgan fingerprint density at radius 3 is 2.92 bits per heavy atom. The third-order valence-corrected chi connectivity index (χ3v) is 4.76. The molecule has 4 heteroatoms. The van der Waals surface area contributed by atoms with Gasteiger partial charge in [-0.3, -0.25) is 0 Å². The lowest BCUT2D eigenvalue weighted by molar-refractivity contribution is 1.49. The summed E-state index contributed by atoms with van der Waals surface area (Å²) in [6, 6.07) is 4.17. The van der Waals surface area contributed by atoms with Crippen LogP contribution in [-0.2, 0) is 5.33 Å². The van der Waals surface area contributed by atoms with E-state index in [1.807, 2.05) is 0 Å². The Kier molecular flexibility index (Phi) is 2.98. The van der Waals surface area contributed by atoms with Gasteiger partial charge < -0.3 is 0 Å². The number of fused-ring (bicyclic) bond motifs is 1. The molecule has 1 heterocycles. The number of hydrogen-bond acceptors (Lipinski definition) is 1. The van der Waals surface area contributed by atoms with Gasteiger partial charge >= 0.3 is 0 Å². The molecule has 0 aliphatic carbocycles. The summed E-state index contributed by atoms with van der Waals surface area (Å²) in [6.07, 6.45) is 0. The van der Waals surface area contributed by atoms with Crippen LogP contribution in [0.2, 0.25) is 5.02 Å². The van der Waals surface area contributed by atoms with E-state index in [0.29, 0.717) is 0 Å². The van der Waals surface area contributed by atoms with Crippen LogP contribution in [0.1, 0.15) is 5.56 Å². The molecule has 0 unspecified atom stereocenters. The van der Waals surface area contributed by atoms with Gasteiger partial charge in [0.1, 0.15) is 0 Å². The summed E-state index contributed by atoms with van der Waals surface area (Å²) in [5.41, 5.74) is 1.27. The van der Waals surface area contributed by atoms with Crippen LogP contribution in [0, 0.1) is 0 Å². The van der Waals surface area contributed by atoms with Crippen LogP contribution in [0.5, 0.6) is 0 Å². The molecule has 0 N–H and O–H groups in total. The molecular formula is C9H5Br2ClS. The van der Waals surface area contributed by atoms with Crippen molar-refractivity contribution >= 4 is 64.9 Å². The second kappa shape index (κ2) is 3.89. The van der Waals surface area contributed by atoms with Crippen LogP contribution in [0.3, 0.4) is 0 Å². The van der Waals surface area contributed by atoms with Gasteiger partial charge in [-0.05, 0) is 44.4 Å². The van der Waals surface area contributed by atoms with Crippen molar-refractivity contribution in [3.05, 3.63) is 32.6 Å². The van der Waals surface area contributed by atoms with E-state index >= 15 is 0 Å². The lowest BCUT2D eigenvalue weighted by Crippen LogP contribution is -1.80. The molecule has 0 fully saturated rings. The highest BCUT2D eigenvalue weighted by Crippen LogP contribution is 2.37.